The van der Waals surface area contributed by atoms with E-state index in [2.05, 4.69) is 16.4 Å². The largest absolute Gasteiger partial charge is 0.490 e. The van der Waals surface area contributed by atoms with Crippen molar-refractivity contribution >= 4 is 23.5 Å². The molecule has 10 nitrogen and oxygen atoms in total. The third kappa shape index (κ3) is 9.42. The highest BCUT2D eigenvalue weighted by atomic mass is 19.4. The van der Waals surface area contributed by atoms with E-state index in [-0.39, 0.29) is 17.6 Å². The fraction of sp³-hybridized carbons (Fsp3) is 0.375. The van der Waals surface area contributed by atoms with Crippen LogP contribution in [0.3, 0.4) is 0 Å². The molecular formula is C24H22F6N4O6. The van der Waals surface area contributed by atoms with Crippen molar-refractivity contribution in [3.8, 4) is 6.07 Å². The van der Waals surface area contributed by atoms with Crippen LogP contribution in [-0.2, 0) is 14.3 Å². The van der Waals surface area contributed by atoms with Crippen molar-refractivity contribution in [3.05, 3.63) is 59.9 Å². The van der Waals surface area contributed by atoms with Crippen LogP contribution in [0.15, 0.2) is 48.8 Å². The number of ether oxygens (including phenoxy) is 1. The van der Waals surface area contributed by atoms with Gasteiger partial charge >= 0.3 is 24.3 Å². The molecule has 0 aliphatic carbocycles. The minimum absolute atomic E-state index is 0.0108. The van der Waals surface area contributed by atoms with Crippen LogP contribution in [0.5, 0.6) is 0 Å². The molecule has 1 amide bonds. The molecule has 3 heterocycles. The Labute approximate surface area is 222 Å². The zero-order valence-electron chi connectivity index (χ0n) is 20.4. The number of pyridine rings is 1. The van der Waals surface area contributed by atoms with Gasteiger partial charge < -0.3 is 25.2 Å². The van der Waals surface area contributed by atoms with Crippen molar-refractivity contribution in [2.45, 2.75) is 36.8 Å². The summed E-state index contributed by atoms with van der Waals surface area (Å²) in [5.41, 5.74) is 1.90. The van der Waals surface area contributed by atoms with Crippen molar-refractivity contribution < 1.29 is 55.7 Å². The van der Waals surface area contributed by atoms with Crippen LogP contribution in [0.1, 0.15) is 28.8 Å². The van der Waals surface area contributed by atoms with E-state index in [0.29, 0.717) is 30.8 Å². The third-order valence-corrected chi connectivity index (χ3v) is 5.57. The van der Waals surface area contributed by atoms with Gasteiger partial charge in [0, 0.05) is 31.0 Å². The lowest BCUT2D eigenvalue weighted by molar-refractivity contribution is -0.193. The fourth-order valence-corrected chi connectivity index (χ4v) is 3.83. The number of carbonyl (C=O) groups excluding carboxylic acids is 1. The number of carboxylic acid groups (broad SMARTS) is 2. The number of hydrogen-bond acceptors (Lipinski definition) is 7. The van der Waals surface area contributed by atoms with Gasteiger partial charge in [0.2, 0.25) is 0 Å². The second-order valence-corrected chi connectivity index (χ2v) is 8.56. The highest BCUT2D eigenvalue weighted by molar-refractivity contribution is 5.94. The van der Waals surface area contributed by atoms with Crippen LogP contribution in [-0.4, -0.2) is 81.6 Å². The summed E-state index contributed by atoms with van der Waals surface area (Å²) in [6, 6.07) is 13.4. The summed E-state index contributed by atoms with van der Waals surface area (Å²) in [6.45, 7) is 1.91. The SMILES string of the molecule is N#Cc1cccc(NC2COC3(CCN(C(=O)c4cccnc4)C3)C2)c1.O=C(O)C(F)(F)F.O=C(O)C(F)(F)F. The molecule has 40 heavy (non-hydrogen) atoms. The van der Waals surface area contributed by atoms with Crippen molar-refractivity contribution in [3.63, 3.8) is 0 Å². The van der Waals surface area contributed by atoms with Crippen LogP contribution in [0.4, 0.5) is 32.0 Å². The molecule has 2 saturated heterocycles. The Morgan fingerprint density at radius 2 is 1.70 bits per heavy atom. The van der Waals surface area contributed by atoms with Gasteiger partial charge in [-0.15, -0.1) is 0 Å². The number of nitrogens with one attached hydrogen (secondary N) is 1. The summed E-state index contributed by atoms with van der Waals surface area (Å²) < 4.78 is 69.6. The molecule has 0 radical (unpaired) electrons. The van der Waals surface area contributed by atoms with Crippen LogP contribution in [0, 0.1) is 11.3 Å². The number of nitriles is 1. The number of aromatic nitrogens is 1. The minimum Gasteiger partial charge on any atom is -0.475 e. The summed E-state index contributed by atoms with van der Waals surface area (Å²) in [5, 5.41) is 26.7. The van der Waals surface area contributed by atoms with Gasteiger partial charge in [0.25, 0.3) is 5.91 Å². The number of carboxylic acids is 2. The van der Waals surface area contributed by atoms with Gasteiger partial charge in [0.1, 0.15) is 0 Å². The second-order valence-electron chi connectivity index (χ2n) is 8.56. The van der Waals surface area contributed by atoms with E-state index in [4.69, 9.17) is 29.8 Å². The van der Waals surface area contributed by atoms with Gasteiger partial charge in [-0.05, 0) is 36.8 Å². The number of hydrogen-bond donors (Lipinski definition) is 3. The summed E-state index contributed by atoms with van der Waals surface area (Å²) in [4.78, 5) is 36.3. The Morgan fingerprint density at radius 3 is 2.23 bits per heavy atom. The molecule has 0 saturated carbocycles. The standard InChI is InChI=1S/C20H20N4O2.2C2HF3O2/c21-11-15-3-1-5-17(9-15)23-18-10-20(26-13-18)6-8-24(14-20)19(25)16-4-2-7-22-12-16;2*3-2(4,5)1(6)7/h1-5,7,9,12,18,23H,6,8,10,13-14H2;2*(H,6,7). The first-order chi connectivity index (χ1) is 18.6. The molecule has 2 aliphatic rings. The minimum atomic E-state index is -5.08. The Hall–Kier alpha value is -4.39. The maximum absolute atomic E-state index is 12.6. The molecule has 2 aromatic rings. The number of benzene rings is 1. The average molecular weight is 576 g/mol. The van der Waals surface area contributed by atoms with Gasteiger partial charge in [0.15, 0.2) is 0 Å². The van der Waals surface area contributed by atoms with E-state index in [9.17, 15) is 31.1 Å². The van der Waals surface area contributed by atoms with Gasteiger partial charge in [-0.2, -0.15) is 31.6 Å². The molecule has 4 rings (SSSR count). The normalized spacial score (nSPS) is 19.9. The summed E-state index contributed by atoms with van der Waals surface area (Å²) in [7, 11) is 0. The number of likely N-dealkylation sites (tertiary alicyclic amines) is 1. The highest BCUT2D eigenvalue weighted by Crippen LogP contribution is 2.36. The number of nitrogens with zero attached hydrogens (tertiary/aromatic N) is 3. The Kier molecular flexibility index (Phi) is 10.4. The first kappa shape index (κ1) is 31.8. The first-order valence-corrected chi connectivity index (χ1v) is 11.3. The van der Waals surface area contributed by atoms with Gasteiger partial charge in [0.05, 0.1) is 42.0 Å². The van der Waals surface area contributed by atoms with Crippen LogP contribution < -0.4 is 5.32 Å². The molecule has 2 aliphatic heterocycles. The van der Waals surface area contributed by atoms with Crippen LogP contribution in [0.2, 0.25) is 0 Å². The van der Waals surface area contributed by atoms with E-state index in [1.54, 1.807) is 30.6 Å². The number of rotatable bonds is 3. The van der Waals surface area contributed by atoms with E-state index in [0.717, 1.165) is 18.5 Å². The molecular weight excluding hydrogens is 554 g/mol. The quantitative estimate of drug-likeness (QED) is 0.464. The Morgan fingerprint density at radius 1 is 1.07 bits per heavy atom. The maximum atomic E-state index is 12.6. The zero-order chi connectivity index (χ0) is 30.1. The monoisotopic (exact) mass is 576 g/mol. The van der Waals surface area contributed by atoms with Crippen molar-refractivity contribution in [2.24, 2.45) is 0 Å². The number of halogens is 6. The van der Waals surface area contributed by atoms with Crippen LogP contribution in [0.25, 0.3) is 0 Å². The topological polar surface area (TPSA) is 153 Å². The number of amides is 1. The lowest BCUT2D eigenvalue weighted by atomic mass is 9.97. The summed E-state index contributed by atoms with van der Waals surface area (Å²) in [5.74, 6) is -5.50. The molecule has 216 valence electrons. The zero-order valence-corrected chi connectivity index (χ0v) is 20.4. The number of aliphatic carboxylic acids is 2. The van der Waals surface area contributed by atoms with Crippen molar-refractivity contribution in [1.29, 1.82) is 5.26 Å². The first-order valence-electron chi connectivity index (χ1n) is 11.3. The van der Waals surface area contributed by atoms with E-state index in [1.165, 1.54) is 0 Å². The van der Waals surface area contributed by atoms with E-state index in [1.807, 2.05) is 23.1 Å². The molecule has 2 unspecified atom stereocenters. The number of alkyl halides is 6. The molecule has 16 heteroatoms. The third-order valence-electron chi connectivity index (χ3n) is 5.57. The van der Waals surface area contributed by atoms with E-state index >= 15 is 0 Å². The van der Waals surface area contributed by atoms with Gasteiger partial charge in [-0.25, -0.2) is 9.59 Å². The molecule has 0 bridgehead atoms. The highest BCUT2D eigenvalue weighted by Gasteiger charge is 2.47. The lowest BCUT2D eigenvalue weighted by Gasteiger charge is -2.23. The molecule has 1 aromatic heterocycles. The lowest BCUT2D eigenvalue weighted by Crippen LogP contribution is -2.36. The van der Waals surface area contributed by atoms with Crippen molar-refractivity contribution in [2.75, 3.05) is 25.0 Å². The summed E-state index contributed by atoms with van der Waals surface area (Å²) >= 11 is 0. The van der Waals surface area contributed by atoms with Crippen LogP contribution >= 0.6 is 0 Å². The van der Waals surface area contributed by atoms with Crippen molar-refractivity contribution in [1.82, 2.24) is 9.88 Å². The predicted molar refractivity (Wildman–Crippen MR) is 124 cm³/mol. The number of carbonyl (C=O) groups is 3. The molecule has 1 spiro atoms. The maximum Gasteiger partial charge on any atom is 0.490 e. The fourth-order valence-electron chi connectivity index (χ4n) is 3.83. The molecule has 2 fully saturated rings. The summed E-state index contributed by atoms with van der Waals surface area (Å²) in [6.07, 6.45) is -5.20. The smallest absolute Gasteiger partial charge is 0.475 e. The van der Waals surface area contributed by atoms with Gasteiger partial charge in [-0.3, -0.25) is 9.78 Å². The Balaban J connectivity index is 0.000000333. The second kappa shape index (κ2) is 13.1. The predicted octanol–water partition coefficient (Wildman–Crippen LogP) is 3.71. The van der Waals surface area contributed by atoms with E-state index < -0.39 is 24.3 Å². The number of anilines is 1. The average Bonchev–Trinajstić information content (AvgIpc) is 3.49. The molecule has 3 N–H and O–H groups in total. The van der Waals surface area contributed by atoms with Gasteiger partial charge in [-0.1, -0.05) is 6.07 Å². The molecule has 1 aromatic carbocycles. The Bertz CT molecular complexity index is 1210. The molecule has 2 atom stereocenters.